The summed E-state index contributed by atoms with van der Waals surface area (Å²) in [7, 11) is 0. The van der Waals surface area contributed by atoms with Gasteiger partial charge in [-0.15, -0.1) is 0 Å². The zero-order chi connectivity index (χ0) is 11.6. The molecule has 2 nitrogen and oxygen atoms in total. The summed E-state index contributed by atoms with van der Waals surface area (Å²) in [6, 6.07) is 0. The van der Waals surface area contributed by atoms with Gasteiger partial charge in [0.2, 0.25) is 0 Å². The van der Waals surface area contributed by atoms with E-state index in [9.17, 15) is 5.11 Å². The molecule has 0 saturated carbocycles. The fraction of sp³-hybridized carbons (Fsp3) is 1.00. The normalized spacial score (nSPS) is 15.2. The fourth-order valence-electron chi connectivity index (χ4n) is 1.83. The van der Waals surface area contributed by atoms with E-state index in [1.54, 1.807) is 0 Å². The van der Waals surface area contributed by atoms with Crippen LogP contribution in [0.5, 0.6) is 0 Å². The first-order valence-electron chi connectivity index (χ1n) is 6.61. The molecule has 1 atom stereocenters. The van der Waals surface area contributed by atoms with Crippen molar-refractivity contribution in [3.8, 4) is 0 Å². The van der Waals surface area contributed by atoms with Crippen molar-refractivity contribution < 1.29 is 5.11 Å². The highest BCUT2D eigenvalue weighted by Gasteiger charge is 2.21. The first-order chi connectivity index (χ1) is 7.18. The molecule has 0 aromatic heterocycles. The molecule has 1 unspecified atom stereocenters. The Kier molecular flexibility index (Phi) is 9.12. The Morgan fingerprint density at radius 1 is 0.933 bits per heavy atom. The molecule has 2 heteroatoms. The maximum absolute atomic E-state index is 9.94. The minimum atomic E-state index is -0.594. The van der Waals surface area contributed by atoms with Gasteiger partial charge in [0.05, 0.1) is 5.60 Å². The topological polar surface area (TPSA) is 46.2 Å². The highest BCUT2D eigenvalue weighted by Crippen LogP contribution is 2.18. The van der Waals surface area contributed by atoms with Crippen LogP contribution in [0.3, 0.4) is 0 Å². The van der Waals surface area contributed by atoms with Crippen LogP contribution in [0, 0.1) is 0 Å². The molecule has 0 rings (SSSR count). The van der Waals surface area contributed by atoms with Crippen LogP contribution in [0.4, 0.5) is 0 Å². The maximum Gasteiger partial charge on any atom is 0.0766 e. The molecule has 0 bridgehead atoms. The van der Waals surface area contributed by atoms with E-state index < -0.39 is 5.60 Å². The van der Waals surface area contributed by atoms with Gasteiger partial charge >= 0.3 is 0 Å². The summed E-state index contributed by atoms with van der Waals surface area (Å²) in [5, 5.41) is 9.94. The third kappa shape index (κ3) is 7.80. The van der Waals surface area contributed by atoms with Gasteiger partial charge in [-0.05, 0) is 12.8 Å². The van der Waals surface area contributed by atoms with Gasteiger partial charge < -0.3 is 10.8 Å². The first kappa shape index (κ1) is 14.9. The zero-order valence-corrected chi connectivity index (χ0v) is 10.6. The van der Waals surface area contributed by atoms with E-state index in [2.05, 4.69) is 6.92 Å². The lowest BCUT2D eigenvalue weighted by Gasteiger charge is -2.24. The standard InChI is InChI=1S/C13H29NO/c1-3-5-6-7-8-9-10-11-13(15,4-2)12-14/h15H,3-12,14H2,1-2H3. The number of unbranched alkanes of at least 4 members (excludes halogenated alkanes) is 6. The molecule has 0 aromatic rings. The number of hydrogen-bond donors (Lipinski definition) is 2. The fourth-order valence-corrected chi connectivity index (χ4v) is 1.83. The summed E-state index contributed by atoms with van der Waals surface area (Å²) < 4.78 is 0. The predicted molar refractivity (Wildman–Crippen MR) is 66.9 cm³/mol. The second-order valence-electron chi connectivity index (χ2n) is 4.65. The van der Waals surface area contributed by atoms with Gasteiger partial charge in [0.25, 0.3) is 0 Å². The van der Waals surface area contributed by atoms with Crippen molar-refractivity contribution in [1.29, 1.82) is 0 Å². The SMILES string of the molecule is CCCCCCCCCC(O)(CC)CN. The highest BCUT2D eigenvalue weighted by molar-refractivity contribution is 4.77. The molecule has 0 radical (unpaired) electrons. The molecular weight excluding hydrogens is 186 g/mol. The molecule has 0 saturated heterocycles. The van der Waals surface area contributed by atoms with E-state index in [-0.39, 0.29) is 0 Å². The second kappa shape index (κ2) is 9.17. The van der Waals surface area contributed by atoms with E-state index in [0.717, 1.165) is 19.3 Å². The molecule has 15 heavy (non-hydrogen) atoms. The quantitative estimate of drug-likeness (QED) is 0.550. The van der Waals surface area contributed by atoms with Gasteiger partial charge in [-0.3, -0.25) is 0 Å². The van der Waals surface area contributed by atoms with Crippen LogP contribution in [0.2, 0.25) is 0 Å². The molecule has 3 N–H and O–H groups in total. The minimum Gasteiger partial charge on any atom is -0.389 e. The third-order valence-corrected chi connectivity index (χ3v) is 3.28. The van der Waals surface area contributed by atoms with E-state index in [4.69, 9.17) is 5.73 Å². The lowest BCUT2D eigenvalue weighted by Crippen LogP contribution is -2.36. The van der Waals surface area contributed by atoms with Crippen LogP contribution in [0.1, 0.15) is 71.6 Å². The molecule has 0 amide bonds. The van der Waals surface area contributed by atoms with E-state index in [1.165, 1.54) is 38.5 Å². The maximum atomic E-state index is 9.94. The lowest BCUT2D eigenvalue weighted by atomic mass is 9.93. The summed E-state index contributed by atoms with van der Waals surface area (Å²) in [4.78, 5) is 0. The van der Waals surface area contributed by atoms with E-state index in [0.29, 0.717) is 6.54 Å². The molecule has 0 aliphatic rings. The Hall–Kier alpha value is -0.0800. The van der Waals surface area contributed by atoms with Crippen LogP contribution >= 0.6 is 0 Å². The van der Waals surface area contributed by atoms with Crippen LogP contribution < -0.4 is 5.73 Å². The predicted octanol–water partition coefficient (Wildman–Crippen LogP) is 3.23. The molecule has 0 heterocycles. The second-order valence-corrected chi connectivity index (χ2v) is 4.65. The van der Waals surface area contributed by atoms with Gasteiger partial charge in [0.1, 0.15) is 0 Å². The summed E-state index contributed by atoms with van der Waals surface area (Å²) in [6.07, 6.45) is 10.7. The van der Waals surface area contributed by atoms with Gasteiger partial charge in [-0.25, -0.2) is 0 Å². The Bertz CT molecular complexity index is 132. The van der Waals surface area contributed by atoms with Crippen LogP contribution in [-0.2, 0) is 0 Å². The van der Waals surface area contributed by atoms with Crippen molar-refractivity contribution in [1.82, 2.24) is 0 Å². The van der Waals surface area contributed by atoms with E-state index in [1.807, 2.05) is 6.92 Å². The molecule has 92 valence electrons. The lowest BCUT2D eigenvalue weighted by molar-refractivity contribution is 0.0338. The molecular formula is C13H29NO. The van der Waals surface area contributed by atoms with Gasteiger partial charge in [-0.1, -0.05) is 58.8 Å². The van der Waals surface area contributed by atoms with Gasteiger partial charge in [-0.2, -0.15) is 0 Å². The first-order valence-corrected chi connectivity index (χ1v) is 6.61. The van der Waals surface area contributed by atoms with Crippen molar-refractivity contribution >= 4 is 0 Å². The van der Waals surface area contributed by atoms with Gasteiger partial charge in [0.15, 0.2) is 0 Å². The highest BCUT2D eigenvalue weighted by atomic mass is 16.3. The average Bonchev–Trinajstić information content (AvgIpc) is 2.27. The number of nitrogens with two attached hydrogens (primary N) is 1. The molecule has 0 aromatic carbocycles. The summed E-state index contributed by atoms with van der Waals surface area (Å²) >= 11 is 0. The monoisotopic (exact) mass is 215 g/mol. The Balaban J connectivity index is 3.29. The summed E-state index contributed by atoms with van der Waals surface area (Å²) in [6.45, 7) is 4.65. The molecule has 0 spiro atoms. The largest absolute Gasteiger partial charge is 0.389 e. The summed E-state index contributed by atoms with van der Waals surface area (Å²) in [5.74, 6) is 0. The van der Waals surface area contributed by atoms with Crippen molar-refractivity contribution in [3.05, 3.63) is 0 Å². The smallest absolute Gasteiger partial charge is 0.0766 e. The van der Waals surface area contributed by atoms with E-state index >= 15 is 0 Å². The zero-order valence-electron chi connectivity index (χ0n) is 10.6. The van der Waals surface area contributed by atoms with Crippen molar-refractivity contribution in [2.75, 3.05) is 6.54 Å². The average molecular weight is 215 g/mol. The Morgan fingerprint density at radius 3 is 1.93 bits per heavy atom. The van der Waals surface area contributed by atoms with Crippen molar-refractivity contribution in [2.24, 2.45) is 5.73 Å². The van der Waals surface area contributed by atoms with Crippen molar-refractivity contribution in [3.63, 3.8) is 0 Å². The minimum absolute atomic E-state index is 0.402. The van der Waals surface area contributed by atoms with Crippen LogP contribution in [0.15, 0.2) is 0 Å². The molecule has 0 aliphatic carbocycles. The van der Waals surface area contributed by atoms with Gasteiger partial charge in [0, 0.05) is 6.54 Å². The Labute approximate surface area is 95.3 Å². The third-order valence-electron chi connectivity index (χ3n) is 3.28. The van der Waals surface area contributed by atoms with Crippen LogP contribution in [0.25, 0.3) is 0 Å². The summed E-state index contributed by atoms with van der Waals surface area (Å²) in [5.41, 5.74) is 4.95. The number of hydrogen-bond acceptors (Lipinski definition) is 2. The molecule has 0 fully saturated rings. The molecule has 0 aliphatic heterocycles. The Morgan fingerprint density at radius 2 is 1.47 bits per heavy atom. The number of rotatable bonds is 10. The number of aliphatic hydroxyl groups is 1. The van der Waals surface area contributed by atoms with Crippen molar-refractivity contribution in [2.45, 2.75) is 77.2 Å². The van der Waals surface area contributed by atoms with Crippen LogP contribution in [-0.4, -0.2) is 17.3 Å².